The van der Waals surface area contributed by atoms with Crippen LogP contribution in [0.5, 0.6) is 0 Å². The zero-order valence-electron chi connectivity index (χ0n) is 19.0. The fraction of sp³-hybridized carbons (Fsp3) is 0.269. The van der Waals surface area contributed by atoms with Gasteiger partial charge in [0.05, 0.1) is 15.5 Å². The molecule has 182 valence electrons. The first-order valence-electron chi connectivity index (χ1n) is 11.5. The van der Waals surface area contributed by atoms with Crippen LogP contribution in [0, 0.1) is 0 Å². The van der Waals surface area contributed by atoms with E-state index in [1.54, 1.807) is 18.2 Å². The Labute approximate surface area is 205 Å². The molecule has 2 aliphatic heterocycles. The number of carbonyl (C=O) groups is 1. The zero-order chi connectivity index (χ0) is 24.6. The summed E-state index contributed by atoms with van der Waals surface area (Å²) in [6.07, 6.45) is 0.762. The molecule has 2 heterocycles. The van der Waals surface area contributed by atoms with E-state index in [0.717, 1.165) is 19.5 Å². The van der Waals surface area contributed by atoms with Crippen LogP contribution in [0.25, 0.3) is 0 Å². The van der Waals surface area contributed by atoms with Gasteiger partial charge in [0, 0.05) is 36.8 Å². The fourth-order valence-electron chi connectivity index (χ4n) is 4.94. The lowest BCUT2D eigenvalue weighted by atomic mass is 10.0. The van der Waals surface area contributed by atoms with Crippen molar-refractivity contribution in [1.29, 1.82) is 0 Å². The zero-order valence-corrected chi connectivity index (χ0v) is 20.6. The number of nitrogens with zero attached hydrogens (tertiary/aromatic N) is 1. The lowest BCUT2D eigenvalue weighted by Gasteiger charge is -2.19. The van der Waals surface area contributed by atoms with E-state index in [4.69, 9.17) is 0 Å². The lowest BCUT2D eigenvalue weighted by molar-refractivity contribution is 0.0936. The summed E-state index contributed by atoms with van der Waals surface area (Å²) < 4.78 is 52.6. The van der Waals surface area contributed by atoms with E-state index in [-0.39, 0.29) is 27.0 Å². The van der Waals surface area contributed by atoms with E-state index < -0.39 is 36.6 Å². The van der Waals surface area contributed by atoms with Gasteiger partial charge in [0.15, 0.2) is 19.7 Å². The number of benzene rings is 3. The molecule has 35 heavy (non-hydrogen) atoms. The average molecular weight is 511 g/mol. The van der Waals surface area contributed by atoms with Gasteiger partial charge in [0.25, 0.3) is 5.91 Å². The van der Waals surface area contributed by atoms with Crippen LogP contribution in [-0.2, 0) is 26.2 Å². The molecule has 2 atom stereocenters. The van der Waals surface area contributed by atoms with Crippen molar-refractivity contribution in [3.8, 4) is 0 Å². The first kappa shape index (κ1) is 23.7. The van der Waals surface area contributed by atoms with E-state index in [9.17, 15) is 21.6 Å². The quantitative estimate of drug-likeness (QED) is 0.547. The Morgan fingerprint density at radius 2 is 1.63 bits per heavy atom. The van der Waals surface area contributed by atoms with Crippen molar-refractivity contribution in [2.75, 3.05) is 18.8 Å². The molecule has 0 aromatic heterocycles. The van der Waals surface area contributed by atoms with Gasteiger partial charge in [-0.3, -0.25) is 9.69 Å². The summed E-state index contributed by atoms with van der Waals surface area (Å²) >= 11 is 0. The van der Waals surface area contributed by atoms with E-state index in [1.165, 1.54) is 35.9 Å². The average Bonchev–Trinajstić information content (AvgIpc) is 3.41. The maximum atomic E-state index is 13.4. The van der Waals surface area contributed by atoms with Crippen molar-refractivity contribution in [2.45, 2.75) is 34.0 Å². The van der Waals surface area contributed by atoms with Gasteiger partial charge in [0.2, 0.25) is 0 Å². The molecular weight excluding hydrogens is 484 g/mol. The van der Waals surface area contributed by atoms with Crippen molar-refractivity contribution >= 4 is 25.6 Å². The van der Waals surface area contributed by atoms with E-state index in [1.807, 2.05) is 18.2 Å². The smallest absolute Gasteiger partial charge is 0.251 e. The van der Waals surface area contributed by atoms with Gasteiger partial charge >= 0.3 is 0 Å². The van der Waals surface area contributed by atoms with Crippen LogP contribution in [0.15, 0.2) is 88.7 Å². The molecule has 3 aromatic carbocycles. The highest BCUT2D eigenvalue weighted by Gasteiger charge is 2.45. The third-order valence-electron chi connectivity index (χ3n) is 6.64. The van der Waals surface area contributed by atoms with E-state index in [0.29, 0.717) is 6.54 Å². The monoisotopic (exact) mass is 510 g/mol. The van der Waals surface area contributed by atoms with Gasteiger partial charge in [0.1, 0.15) is 5.25 Å². The molecule has 1 amide bonds. The molecule has 7 nitrogen and oxygen atoms in total. The topological polar surface area (TPSA) is 101 Å². The summed E-state index contributed by atoms with van der Waals surface area (Å²) in [4.78, 5) is 15.5. The fourth-order valence-corrected chi connectivity index (χ4v) is 9.31. The summed E-state index contributed by atoms with van der Waals surface area (Å²) in [7, 11) is -7.86. The number of carbonyl (C=O) groups excluding carboxylic acids is 1. The molecule has 0 aliphatic carbocycles. The highest BCUT2D eigenvalue weighted by atomic mass is 32.2. The first-order chi connectivity index (χ1) is 16.8. The number of hydrogen-bond acceptors (Lipinski definition) is 6. The van der Waals surface area contributed by atoms with Gasteiger partial charge in [-0.05, 0) is 36.2 Å². The number of nitrogens with one attached hydrogen (secondary N) is 1. The van der Waals surface area contributed by atoms with Gasteiger partial charge < -0.3 is 5.32 Å². The van der Waals surface area contributed by atoms with E-state index in [2.05, 4.69) is 22.3 Å². The van der Waals surface area contributed by atoms with Crippen LogP contribution in [0.2, 0.25) is 0 Å². The van der Waals surface area contributed by atoms with Crippen molar-refractivity contribution in [3.05, 3.63) is 95.6 Å². The Bertz CT molecular complexity index is 1460. The largest absolute Gasteiger partial charge is 0.348 e. The minimum Gasteiger partial charge on any atom is -0.348 e. The summed E-state index contributed by atoms with van der Waals surface area (Å²) in [5, 5.41) is 1.68. The molecule has 0 saturated carbocycles. The number of fused-ring (bicyclic) bond motifs is 1. The molecule has 0 spiro atoms. The lowest BCUT2D eigenvalue weighted by Crippen LogP contribution is -2.37. The van der Waals surface area contributed by atoms with Gasteiger partial charge in [-0.25, -0.2) is 16.8 Å². The van der Waals surface area contributed by atoms with Crippen LogP contribution >= 0.6 is 0 Å². The summed E-state index contributed by atoms with van der Waals surface area (Å²) in [6.45, 7) is 2.27. The summed E-state index contributed by atoms with van der Waals surface area (Å²) in [5.74, 6) is -1.02. The predicted molar refractivity (Wildman–Crippen MR) is 132 cm³/mol. The Morgan fingerprint density at radius 1 is 0.943 bits per heavy atom. The normalized spacial score (nSPS) is 21.5. The van der Waals surface area contributed by atoms with Crippen molar-refractivity contribution in [2.24, 2.45) is 0 Å². The van der Waals surface area contributed by atoms with Gasteiger partial charge in [-0.1, -0.05) is 54.6 Å². The third kappa shape index (κ3) is 4.63. The SMILES string of the molecule is O=C(N[C@H]1CCN(Cc2ccccc2)C1)c1cccc2c1C(S(=O)(=O)c1ccccc1)CS2(=O)=O. The Morgan fingerprint density at radius 3 is 2.34 bits per heavy atom. The van der Waals surface area contributed by atoms with Crippen LogP contribution in [-0.4, -0.2) is 52.5 Å². The standard InChI is InChI=1S/C26H26N2O5S2/c29-26(27-20-14-15-28(17-20)16-19-8-3-1-4-9-19)22-12-7-13-23-25(22)24(18-34(23,30)31)35(32,33)21-10-5-2-6-11-21/h1-13,20,24H,14-18H2,(H,27,29)/t20-,24?/m0/s1. The Balaban J connectivity index is 1.40. The second-order valence-corrected chi connectivity index (χ2v) is 13.2. The molecule has 1 fully saturated rings. The van der Waals surface area contributed by atoms with Gasteiger partial charge in [-0.15, -0.1) is 0 Å². The summed E-state index contributed by atoms with van der Waals surface area (Å²) in [5.41, 5.74) is 1.38. The molecule has 5 rings (SSSR count). The number of amides is 1. The second-order valence-electron chi connectivity index (χ2n) is 9.03. The first-order valence-corrected chi connectivity index (χ1v) is 14.7. The highest BCUT2D eigenvalue weighted by Crippen LogP contribution is 2.43. The van der Waals surface area contributed by atoms with Crippen molar-refractivity contribution < 1.29 is 21.6 Å². The van der Waals surface area contributed by atoms with Crippen molar-refractivity contribution in [3.63, 3.8) is 0 Å². The number of rotatable bonds is 6. The number of likely N-dealkylation sites (tertiary alicyclic amines) is 1. The minimum absolute atomic E-state index is 0.0376. The highest BCUT2D eigenvalue weighted by molar-refractivity contribution is 7.96. The van der Waals surface area contributed by atoms with Crippen LogP contribution in [0.1, 0.15) is 33.2 Å². The maximum Gasteiger partial charge on any atom is 0.251 e. The van der Waals surface area contributed by atoms with E-state index >= 15 is 0 Å². The molecule has 2 aliphatic rings. The molecular formula is C26H26N2O5S2. The third-order valence-corrected chi connectivity index (χ3v) is 10.7. The molecule has 0 radical (unpaired) electrons. The van der Waals surface area contributed by atoms with Crippen LogP contribution < -0.4 is 5.32 Å². The Kier molecular flexibility index (Phi) is 6.25. The minimum atomic E-state index is -4.02. The molecule has 0 bridgehead atoms. The molecule has 3 aromatic rings. The number of sulfone groups is 2. The molecule has 1 unspecified atom stereocenters. The second kappa shape index (κ2) is 9.22. The Hall–Kier alpha value is -3.01. The van der Waals surface area contributed by atoms with Crippen LogP contribution in [0.4, 0.5) is 0 Å². The maximum absolute atomic E-state index is 13.4. The molecule has 1 saturated heterocycles. The van der Waals surface area contributed by atoms with Crippen LogP contribution in [0.3, 0.4) is 0 Å². The predicted octanol–water partition coefficient (Wildman–Crippen LogP) is 2.99. The summed E-state index contributed by atoms with van der Waals surface area (Å²) in [6, 6.07) is 22.2. The van der Waals surface area contributed by atoms with Crippen molar-refractivity contribution in [1.82, 2.24) is 10.2 Å². The molecule has 9 heteroatoms. The molecule has 1 N–H and O–H groups in total. The number of hydrogen-bond donors (Lipinski definition) is 1. The van der Waals surface area contributed by atoms with Gasteiger partial charge in [-0.2, -0.15) is 0 Å².